The van der Waals surface area contributed by atoms with Crippen LogP contribution in [0, 0.1) is 16.7 Å². The average Bonchev–Trinajstić information content (AvgIpc) is 2.52. The summed E-state index contributed by atoms with van der Waals surface area (Å²) in [5, 5.41) is 29.9. The Morgan fingerprint density at radius 3 is 2.41 bits per heavy atom. The Labute approximate surface area is 131 Å². The molecule has 116 valence electrons. The minimum absolute atomic E-state index is 0.121. The van der Waals surface area contributed by atoms with Gasteiger partial charge in [0.15, 0.2) is 0 Å². The quantitative estimate of drug-likeness (QED) is 0.866. The van der Waals surface area contributed by atoms with Crippen LogP contribution in [0.2, 0.25) is 0 Å². The van der Waals surface area contributed by atoms with Crippen LogP contribution in [-0.2, 0) is 6.42 Å². The first-order chi connectivity index (χ1) is 10.6. The van der Waals surface area contributed by atoms with E-state index < -0.39 is 6.10 Å². The van der Waals surface area contributed by atoms with E-state index in [0.29, 0.717) is 17.7 Å². The minimum Gasteiger partial charge on any atom is -0.512 e. The summed E-state index contributed by atoms with van der Waals surface area (Å²) in [6, 6.07) is 9.47. The highest BCUT2D eigenvalue weighted by Crippen LogP contribution is 2.49. The maximum absolute atomic E-state index is 10.5. The van der Waals surface area contributed by atoms with Gasteiger partial charge in [0.25, 0.3) is 0 Å². The molecule has 1 aromatic rings. The molecular weight excluding hydrogens is 274 g/mol. The van der Waals surface area contributed by atoms with Gasteiger partial charge in [0.05, 0.1) is 23.5 Å². The summed E-state index contributed by atoms with van der Waals surface area (Å²) in [4.78, 5) is 0. The smallest absolute Gasteiger partial charge is 0.0991 e. The van der Waals surface area contributed by atoms with Crippen molar-refractivity contribution in [3.05, 3.63) is 46.7 Å². The van der Waals surface area contributed by atoms with Gasteiger partial charge in [-0.3, -0.25) is 0 Å². The van der Waals surface area contributed by atoms with Crippen molar-refractivity contribution in [2.75, 3.05) is 0 Å². The lowest BCUT2D eigenvalue weighted by Crippen LogP contribution is -2.35. The van der Waals surface area contributed by atoms with Crippen molar-refractivity contribution in [1.82, 2.24) is 0 Å². The Balaban J connectivity index is 1.77. The Hall–Kier alpha value is -1.79. The van der Waals surface area contributed by atoms with Crippen molar-refractivity contribution in [1.29, 1.82) is 5.26 Å². The van der Waals surface area contributed by atoms with Crippen molar-refractivity contribution in [3.63, 3.8) is 0 Å². The molecule has 0 heterocycles. The molecule has 1 atom stereocenters. The number of rotatable bonds is 2. The standard InChI is InChI=1S/C19H23NO2/c20-13-15-6-4-14(5-7-15)10-16-17(21)11-19(12-18(16)22)8-2-1-3-9-19/h4-7,17,21-22H,1-3,8-12H2. The SMILES string of the molecule is N#Cc1ccc(CC2=C(O)CC3(CCCCC3)CC2O)cc1. The number of aliphatic hydroxyl groups is 2. The molecule has 2 aliphatic rings. The fourth-order valence-electron chi connectivity index (χ4n) is 4.09. The zero-order chi connectivity index (χ0) is 15.6. The molecule has 22 heavy (non-hydrogen) atoms. The average molecular weight is 297 g/mol. The zero-order valence-electron chi connectivity index (χ0n) is 12.9. The van der Waals surface area contributed by atoms with E-state index in [-0.39, 0.29) is 5.41 Å². The molecule has 1 aromatic carbocycles. The maximum Gasteiger partial charge on any atom is 0.0991 e. The largest absolute Gasteiger partial charge is 0.512 e. The van der Waals surface area contributed by atoms with Crippen molar-refractivity contribution >= 4 is 0 Å². The molecule has 0 aromatic heterocycles. The number of nitrogens with zero attached hydrogens (tertiary/aromatic N) is 1. The third-order valence-electron chi connectivity index (χ3n) is 5.33. The summed E-state index contributed by atoms with van der Waals surface area (Å²) in [6.45, 7) is 0. The summed E-state index contributed by atoms with van der Waals surface area (Å²) in [6.07, 6.45) is 7.47. The number of benzene rings is 1. The van der Waals surface area contributed by atoms with Crippen LogP contribution >= 0.6 is 0 Å². The van der Waals surface area contributed by atoms with Crippen LogP contribution in [0.25, 0.3) is 0 Å². The normalized spacial score (nSPS) is 24.3. The second-order valence-electron chi connectivity index (χ2n) is 6.91. The van der Waals surface area contributed by atoms with Gasteiger partial charge in [-0.1, -0.05) is 31.4 Å². The summed E-state index contributed by atoms with van der Waals surface area (Å²) >= 11 is 0. The van der Waals surface area contributed by atoms with Gasteiger partial charge >= 0.3 is 0 Å². The molecule has 1 spiro atoms. The maximum atomic E-state index is 10.5. The van der Waals surface area contributed by atoms with Gasteiger partial charge < -0.3 is 10.2 Å². The molecule has 0 saturated heterocycles. The molecule has 0 bridgehead atoms. The van der Waals surface area contributed by atoms with Crippen LogP contribution in [0.15, 0.2) is 35.6 Å². The highest BCUT2D eigenvalue weighted by Gasteiger charge is 2.40. The fraction of sp³-hybridized carbons (Fsp3) is 0.526. The van der Waals surface area contributed by atoms with Gasteiger partial charge in [-0.2, -0.15) is 5.26 Å². The molecule has 3 nitrogen and oxygen atoms in total. The number of allylic oxidation sites excluding steroid dienone is 1. The Morgan fingerprint density at radius 2 is 1.82 bits per heavy atom. The van der Waals surface area contributed by atoms with Crippen LogP contribution in [0.4, 0.5) is 0 Å². The molecule has 0 amide bonds. The van der Waals surface area contributed by atoms with E-state index in [0.717, 1.165) is 36.8 Å². The molecule has 2 aliphatic carbocycles. The van der Waals surface area contributed by atoms with E-state index >= 15 is 0 Å². The predicted octanol–water partition coefficient (Wildman–Crippen LogP) is 4.02. The lowest BCUT2D eigenvalue weighted by atomic mass is 9.64. The van der Waals surface area contributed by atoms with Gasteiger partial charge in [0, 0.05) is 12.0 Å². The van der Waals surface area contributed by atoms with E-state index in [2.05, 4.69) is 6.07 Å². The molecular formula is C19H23NO2. The van der Waals surface area contributed by atoms with Crippen molar-refractivity contribution < 1.29 is 10.2 Å². The highest BCUT2D eigenvalue weighted by atomic mass is 16.3. The van der Waals surface area contributed by atoms with Gasteiger partial charge in [-0.25, -0.2) is 0 Å². The van der Waals surface area contributed by atoms with Gasteiger partial charge in [-0.05, 0) is 48.8 Å². The third kappa shape index (κ3) is 3.03. The van der Waals surface area contributed by atoms with Gasteiger partial charge in [0.1, 0.15) is 0 Å². The van der Waals surface area contributed by atoms with Crippen molar-refractivity contribution in [2.45, 2.75) is 57.5 Å². The Kier molecular flexibility index (Phi) is 4.22. The fourth-order valence-corrected chi connectivity index (χ4v) is 4.09. The number of aliphatic hydroxyl groups excluding tert-OH is 2. The number of hydrogen-bond donors (Lipinski definition) is 2. The minimum atomic E-state index is -0.539. The molecule has 1 unspecified atom stereocenters. The summed E-state index contributed by atoms with van der Waals surface area (Å²) < 4.78 is 0. The Bertz CT molecular complexity index is 603. The molecule has 0 aliphatic heterocycles. The monoisotopic (exact) mass is 297 g/mol. The summed E-state index contributed by atoms with van der Waals surface area (Å²) in [5.74, 6) is 0.394. The predicted molar refractivity (Wildman–Crippen MR) is 85.3 cm³/mol. The summed E-state index contributed by atoms with van der Waals surface area (Å²) in [7, 11) is 0. The lowest BCUT2D eigenvalue weighted by molar-refractivity contribution is 0.0556. The first-order valence-electron chi connectivity index (χ1n) is 8.20. The van der Waals surface area contributed by atoms with Crippen LogP contribution in [0.1, 0.15) is 56.1 Å². The zero-order valence-corrected chi connectivity index (χ0v) is 12.9. The second-order valence-corrected chi connectivity index (χ2v) is 6.91. The molecule has 0 radical (unpaired) electrons. The van der Waals surface area contributed by atoms with Gasteiger partial charge in [0.2, 0.25) is 0 Å². The van der Waals surface area contributed by atoms with Crippen LogP contribution in [-0.4, -0.2) is 16.3 Å². The van der Waals surface area contributed by atoms with Crippen LogP contribution < -0.4 is 0 Å². The van der Waals surface area contributed by atoms with E-state index in [4.69, 9.17) is 5.26 Å². The van der Waals surface area contributed by atoms with E-state index in [1.54, 1.807) is 12.1 Å². The number of nitriles is 1. The third-order valence-corrected chi connectivity index (χ3v) is 5.33. The molecule has 1 saturated carbocycles. The summed E-state index contributed by atoms with van der Waals surface area (Å²) in [5.41, 5.74) is 2.54. The van der Waals surface area contributed by atoms with Crippen molar-refractivity contribution in [3.8, 4) is 6.07 Å². The molecule has 2 N–H and O–H groups in total. The Morgan fingerprint density at radius 1 is 1.14 bits per heavy atom. The van der Waals surface area contributed by atoms with E-state index in [9.17, 15) is 10.2 Å². The second kappa shape index (κ2) is 6.14. The van der Waals surface area contributed by atoms with Crippen LogP contribution in [0.3, 0.4) is 0 Å². The molecule has 3 heteroatoms. The highest BCUT2D eigenvalue weighted by molar-refractivity contribution is 5.35. The molecule has 3 rings (SSSR count). The van der Waals surface area contributed by atoms with Crippen LogP contribution in [0.5, 0.6) is 0 Å². The topological polar surface area (TPSA) is 64.2 Å². The first-order valence-corrected chi connectivity index (χ1v) is 8.20. The number of hydrogen-bond acceptors (Lipinski definition) is 3. The van der Waals surface area contributed by atoms with E-state index in [1.807, 2.05) is 12.1 Å². The van der Waals surface area contributed by atoms with Gasteiger partial charge in [-0.15, -0.1) is 0 Å². The first kappa shape index (κ1) is 15.1. The van der Waals surface area contributed by atoms with Crippen molar-refractivity contribution in [2.24, 2.45) is 5.41 Å². The van der Waals surface area contributed by atoms with E-state index in [1.165, 1.54) is 19.3 Å². The molecule has 1 fully saturated rings. The lowest BCUT2D eigenvalue weighted by Gasteiger charge is -2.42.